The lowest BCUT2D eigenvalue weighted by Gasteiger charge is -2.32. The van der Waals surface area contributed by atoms with Crippen LogP contribution in [0, 0.1) is 5.92 Å². The largest absolute Gasteiger partial charge is 0.370 e. The highest BCUT2D eigenvalue weighted by atomic mass is 15.1. The Kier molecular flexibility index (Phi) is 2.54. The van der Waals surface area contributed by atoms with E-state index in [4.69, 9.17) is 0 Å². The molecule has 1 aliphatic heterocycles. The highest BCUT2D eigenvalue weighted by Crippen LogP contribution is 2.28. The molecule has 1 fully saturated rings. The van der Waals surface area contributed by atoms with Gasteiger partial charge in [0.15, 0.2) is 0 Å². The minimum atomic E-state index is 0.870. The Hall–Kier alpha value is -1.51. The molecule has 90 valence electrons. The number of hydrogen-bond acceptors (Lipinski definition) is 2. The fourth-order valence-electron chi connectivity index (χ4n) is 2.65. The van der Waals surface area contributed by atoms with Crippen LogP contribution in [-0.4, -0.2) is 22.6 Å². The van der Waals surface area contributed by atoms with Gasteiger partial charge in [-0.15, -0.1) is 0 Å². The molecular weight excluding hydrogens is 210 g/mol. The van der Waals surface area contributed by atoms with Crippen LogP contribution < -0.4 is 4.90 Å². The normalized spacial score (nSPS) is 17.9. The van der Waals surface area contributed by atoms with E-state index in [0.29, 0.717) is 0 Å². The first-order chi connectivity index (χ1) is 8.25. The summed E-state index contributed by atoms with van der Waals surface area (Å²) in [5.41, 5.74) is 3.67. The number of nitrogens with zero attached hydrogens (tertiary/aromatic N) is 3. The first-order valence-electron chi connectivity index (χ1n) is 6.40. The predicted molar refractivity (Wildman–Crippen MR) is 71.3 cm³/mol. The Morgan fingerprint density at radius 1 is 1.24 bits per heavy atom. The van der Waals surface area contributed by atoms with E-state index in [9.17, 15) is 0 Å². The summed E-state index contributed by atoms with van der Waals surface area (Å²) in [5, 5.41) is 0. The number of hydrogen-bond donors (Lipinski definition) is 0. The van der Waals surface area contributed by atoms with Crippen molar-refractivity contribution in [2.24, 2.45) is 13.0 Å². The Labute approximate surface area is 102 Å². The van der Waals surface area contributed by atoms with E-state index in [1.807, 2.05) is 6.33 Å². The van der Waals surface area contributed by atoms with E-state index in [1.165, 1.54) is 24.0 Å². The van der Waals surface area contributed by atoms with Crippen LogP contribution in [0.1, 0.15) is 19.8 Å². The van der Waals surface area contributed by atoms with E-state index in [2.05, 4.69) is 46.6 Å². The van der Waals surface area contributed by atoms with Gasteiger partial charge in [-0.3, -0.25) is 0 Å². The van der Waals surface area contributed by atoms with Crippen LogP contribution in [0.3, 0.4) is 0 Å². The van der Waals surface area contributed by atoms with Crippen molar-refractivity contribution in [2.75, 3.05) is 18.0 Å². The van der Waals surface area contributed by atoms with Crippen molar-refractivity contribution < 1.29 is 0 Å². The Morgan fingerprint density at radius 2 is 2.00 bits per heavy atom. The molecular formula is C14H19N3. The molecule has 0 N–H and O–H groups in total. The van der Waals surface area contributed by atoms with Crippen LogP contribution in [0.4, 0.5) is 5.69 Å². The molecule has 3 heteroatoms. The van der Waals surface area contributed by atoms with Gasteiger partial charge in [-0.25, -0.2) is 4.98 Å². The molecule has 0 unspecified atom stereocenters. The second-order valence-electron chi connectivity index (χ2n) is 5.17. The summed E-state index contributed by atoms with van der Waals surface area (Å²) in [6.07, 6.45) is 4.49. The van der Waals surface area contributed by atoms with Crippen LogP contribution in [-0.2, 0) is 7.05 Å². The Morgan fingerprint density at radius 3 is 2.76 bits per heavy atom. The first kappa shape index (κ1) is 10.6. The molecule has 1 aromatic carbocycles. The third-order valence-corrected chi connectivity index (χ3v) is 3.86. The minimum Gasteiger partial charge on any atom is -0.370 e. The number of anilines is 1. The van der Waals surface area contributed by atoms with Gasteiger partial charge in [-0.05, 0) is 30.9 Å². The van der Waals surface area contributed by atoms with Crippen LogP contribution in [0.2, 0.25) is 0 Å². The number of piperidine rings is 1. The Bertz CT molecular complexity index is 521. The lowest BCUT2D eigenvalue weighted by atomic mass is 9.98. The van der Waals surface area contributed by atoms with E-state index < -0.39 is 0 Å². The zero-order chi connectivity index (χ0) is 11.8. The third-order valence-electron chi connectivity index (χ3n) is 3.86. The van der Waals surface area contributed by atoms with Gasteiger partial charge in [-0.2, -0.15) is 0 Å². The zero-order valence-electron chi connectivity index (χ0n) is 10.6. The number of aromatic nitrogens is 2. The summed E-state index contributed by atoms with van der Waals surface area (Å²) in [4.78, 5) is 7.02. The van der Waals surface area contributed by atoms with Crippen molar-refractivity contribution in [1.29, 1.82) is 0 Å². The van der Waals surface area contributed by atoms with Gasteiger partial charge in [0.1, 0.15) is 5.52 Å². The highest BCUT2D eigenvalue weighted by Gasteiger charge is 2.18. The molecule has 0 spiro atoms. The fraction of sp³-hybridized carbons (Fsp3) is 0.500. The number of para-hydroxylation sites is 1. The topological polar surface area (TPSA) is 21.1 Å². The van der Waals surface area contributed by atoms with Gasteiger partial charge in [0.2, 0.25) is 0 Å². The number of rotatable bonds is 1. The molecule has 0 atom stereocenters. The standard InChI is InChI=1S/C14H19N3/c1-11-6-8-17(9-7-11)13-5-3-4-12-14(13)15-10-16(12)2/h3-5,10-11H,6-9H2,1-2H3. The average molecular weight is 229 g/mol. The maximum absolute atomic E-state index is 4.53. The molecule has 1 aromatic heterocycles. The Balaban J connectivity index is 2.00. The summed E-state index contributed by atoms with van der Waals surface area (Å²) in [6.45, 7) is 4.67. The van der Waals surface area contributed by atoms with Crippen molar-refractivity contribution >= 4 is 16.7 Å². The molecule has 2 aromatic rings. The van der Waals surface area contributed by atoms with Crippen molar-refractivity contribution in [3.05, 3.63) is 24.5 Å². The van der Waals surface area contributed by atoms with Gasteiger partial charge in [0, 0.05) is 20.1 Å². The monoisotopic (exact) mass is 229 g/mol. The van der Waals surface area contributed by atoms with Crippen LogP contribution in [0.25, 0.3) is 11.0 Å². The summed E-state index contributed by atoms with van der Waals surface area (Å²) in [6, 6.07) is 6.47. The van der Waals surface area contributed by atoms with E-state index in [1.54, 1.807) is 0 Å². The van der Waals surface area contributed by atoms with E-state index in [0.717, 1.165) is 24.5 Å². The molecule has 3 nitrogen and oxygen atoms in total. The second-order valence-corrected chi connectivity index (χ2v) is 5.17. The van der Waals surface area contributed by atoms with Crippen LogP contribution in [0.5, 0.6) is 0 Å². The average Bonchev–Trinajstić information content (AvgIpc) is 2.73. The number of benzene rings is 1. The van der Waals surface area contributed by atoms with Gasteiger partial charge < -0.3 is 9.47 Å². The summed E-state index contributed by atoms with van der Waals surface area (Å²) >= 11 is 0. The third kappa shape index (κ3) is 1.79. The molecule has 0 bridgehead atoms. The SMILES string of the molecule is CC1CCN(c2cccc3c2ncn3C)CC1. The molecule has 1 aliphatic rings. The molecule has 0 radical (unpaired) electrons. The minimum absolute atomic E-state index is 0.870. The van der Waals surface area contributed by atoms with Gasteiger partial charge in [0.05, 0.1) is 17.5 Å². The van der Waals surface area contributed by atoms with E-state index in [-0.39, 0.29) is 0 Å². The molecule has 0 saturated carbocycles. The quantitative estimate of drug-likeness (QED) is 0.749. The molecule has 0 amide bonds. The summed E-state index contributed by atoms with van der Waals surface area (Å²) < 4.78 is 2.09. The molecule has 1 saturated heterocycles. The van der Waals surface area contributed by atoms with Crippen molar-refractivity contribution in [1.82, 2.24) is 9.55 Å². The maximum Gasteiger partial charge on any atom is 0.112 e. The molecule has 2 heterocycles. The lowest BCUT2D eigenvalue weighted by molar-refractivity contribution is 0.439. The zero-order valence-corrected chi connectivity index (χ0v) is 10.6. The van der Waals surface area contributed by atoms with Crippen LogP contribution >= 0.6 is 0 Å². The molecule has 3 rings (SSSR count). The van der Waals surface area contributed by atoms with Gasteiger partial charge >= 0.3 is 0 Å². The van der Waals surface area contributed by atoms with Gasteiger partial charge in [0.25, 0.3) is 0 Å². The predicted octanol–water partition coefficient (Wildman–Crippen LogP) is 2.81. The fourth-order valence-corrected chi connectivity index (χ4v) is 2.65. The number of fused-ring (bicyclic) bond motifs is 1. The molecule has 17 heavy (non-hydrogen) atoms. The summed E-state index contributed by atoms with van der Waals surface area (Å²) in [5.74, 6) is 0.870. The van der Waals surface area contributed by atoms with Gasteiger partial charge in [-0.1, -0.05) is 13.0 Å². The smallest absolute Gasteiger partial charge is 0.112 e. The van der Waals surface area contributed by atoms with Crippen molar-refractivity contribution in [3.8, 4) is 0 Å². The number of imidazole rings is 1. The molecule has 0 aliphatic carbocycles. The lowest BCUT2D eigenvalue weighted by Crippen LogP contribution is -2.32. The highest BCUT2D eigenvalue weighted by molar-refractivity contribution is 5.89. The second kappa shape index (κ2) is 4.06. The summed E-state index contributed by atoms with van der Waals surface area (Å²) in [7, 11) is 2.05. The van der Waals surface area contributed by atoms with Crippen molar-refractivity contribution in [3.63, 3.8) is 0 Å². The first-order valence-corrected chi connectivity index (χ1v) is 6.40. The number of aryl methyl sites for hydroxylation is 1. The van der Waals surface area contributed by atoms with E-state index >= 15 is 0 Å². The van der Waals surface area contributed by atoms with Crippen LogP contribution in [0.15, 0.2) is 24.5 Å². The van der Waals surface area contributed by atoms with Crippen molar-refractivity contribution in [2.45, 2.75) is 19.8 Å². The maximum atomic E-state index is 4.53.